The fourth-order valence-electron chi connectivity index (χ4n) is 3.10. The molecule has 0 unspecified atom stereocenters. The van der Waals surface area contributed by atoms with E-state index in [0.717, 1.165) is 37.3 Å². The van der Waals surface area contributed by atoms with Gasteiger partial charge < -0.3 is 19.9 Å². The van der Waals surface area contributed by atoms with Crippen molar-refractivity contribution >= 4 is 24.4 Å². The molecule has 3 rings (SSSR count). The van der Waals surface area contributed by atoms with Gasteiger partial charge in [-0.2, -0.15) is 0 Å². The predicted molar refractivity (Wildman–Crippen MR) is 94.1 cm³/mol. The molecule has 7 heteroatoms. The number of rotatable bonds is 3. The Hall–Kier alpha value is -1.60. The molecule has 0 aliphatic carbocycles. The number of primary amides is 1. The Balaban J connectivity index is 1.73. The van der Waals surface area contributed by atoms with Crippen molar-refractivity contribution in [3.8, 4) is 0 Å². The van der Waals surface area contributed by atoms with Crippen molar-refractivity contribution in [2.45, 2.75) is 51.7 Å². The molecule has 0 saturated carbocycles. The number of nitrogens with zero attached hydrogens (tertiary/aromatic N) is 2. The maximum atomic E-state index is 11.3. The number of amides is 1. The number of piperidine rings is 1. The van der Waals surface area contributed by atoms with Gasteiger partial charge in [-0.25, -0.2) is 4.98 Å². The van der Waals surface area contributed by atoms with Crippen molar-refractivity contribution in [1.29, 1.82) is 0 Å². The van der Waals surface area contributed by atoms with Gasteiger partial charge in [-0.1, -0.05) is 6.07 Å². The summed E-state index contributed by atoms with van der Waals surface area (Å²) in [6.07, 6.45) is 1.55. The largest absolute Gasteiger partial charge is 0.514 e. The average Bonchev–Trinajstić information content (AvgIpc) is 2.76. The van der Waals surface area contributed by atoms with Crippen LogP contribution in [0.15, 0.2) is 18.2 Å². The third kappa shape index (κ3) is 3.15. The first kappa shape index (κ1) is 17.2. The highest BCUT2D eigenvalue weighted by Gasteiger charge is 2.52. The monoisotopic (exact) mass is 331 g/mol. The van der Waals surface area contributed by atoms with E-state index in [9.17, 15) is 4.79 Å². The Morgan fingerprint density at radius 1 is 1.21 bits per heavy atom. The lowest BCUT2D eigenvalue weighted by atomic mass is 9.84. The van der Waals surface area contributed by atoms with Crippen LogP contribution in [0, 0.1) is 5.92 Å². The van der Waals surface area contributed by atoms with Crippen molar-refractivity contribution in [1.82, 2.24) is 4.98 Å². The number of anilines is 1. The summed E-state index contributed by atoms with van der Waals surface area (Å²) in [4.78, 5) is 18.2. The first-order chi connectivity index (χ1) is 11.2. The van der Waals surface area contributed by atoms with Crippen LogP contribution in [0.25, 0.3) is 0 Å². The molecule has 0 atom stereocenters. The molecule has 130 valence electrons. The summed E-state index contributed by atoms with van der Waals surface area (Å²) in [5.41, 5.74) is 5.42. The van der Waals surface area contributed by atoms with Crippen LogP contribution in [0.4, 0.5) is 5.82 Å². The topological polar surface area (TPSA) is 77.7 Å². The molecule has 2 fully saturated rings. The van der Waals surface area contributed by atoms with Gasteiger partial charge in [0.05, 0.1) is 16.8 Å². The Bertz CT molecular complexity index is 611. The first-order valence-corrected chi connectivity index (χ1v) is 8.56. The zero-order valence-electron chi connectivity index (χ0n) is 14.9. The third-order valence-electron chi connectivity index (χ3n) is 5.47. The van der Waals surface area contributed by atoms with Gasteiger partial charge in [-0.05, 0) is 52.7 Å². The Morgan fingerprint density at radius 2 is 1.79 bits per heavy atom. The van der Waals surface area contributed by atoms with E-state index >= 15 is 0 Å². The molecular weight excluding hydrogens is 305 g/mol. The molecule has 1 aromatic heterocycles. The molecule has 3 heterocycles. The second kappa shape index (κ2) is 6.04. The van der Waals surface area contributed by atoms with Crippen LogP contribution in [0.1, 0.15) is 40.5 Å². The van der Waals surface area contributed by atoms with Crippen LogP contribution in [0.2, 0.25) is 0 Å². The van der Waals surface area contributed by atoms with E-state index in [0.29, 0.717) is 0 Å². The Labute approximate surface area is 143 Å². The SMILES string of the molecule is CC1(C)OB(c2cccc(N3CCC(C(N)=O)CC3)n2)OC1(C)C. The second-order valence-corrected chi connectivity index (χ2v) is 7.67. The molecule has 2 N–H and O–H groups in total. The lowest BCUT2D eigenvalue weighted by Gasteiger charge is -2.32. The van der Waals surface area contributed by atoms with E-state index in [4.69, 9.17) is 20.0 Å². The average molecular weight is 331 g/mol. The number of hydrogen-bond donors (Lipinski definition) is 1. The fourth-order valence-corrected chi connectivity index (χ4v) is 3.10. The number of carbonyl (C=O) groups is 1. The van der Waals surface area contributed by atoms with Gasteiger partial charge in [0, 0.05) is 19.0 Å². The van der Waals surface area contributed by atoms with Crippen molar-refractivity contribution in [3.05, 3.63) is 18.2 Å². The molecule has 6 nitrogen and oxygen atoms in total. The van der Waals surface area contributed by atoms with Crippen molar-refractivity contribution in [2.75, 3.05) is 18.0 Å². The zero-order chi connectivity index (χ0) is 17.5. The quantitative estimate of drug-likeness (QED) is 0.839. The molecular formula is C17H26BN3O3. The van der Waals surface area contributed by atoms with Crippen LogP contribution in [0.3, 0.4) is 0 Å². The summed E-state index contributed by atoms with van der Waals surface area (Å²) < 4.78 is 12.2. The molecule has 1 amide bonds. The van der Waals surface area contributed by atoms with Crippen molar-refractivity contribution < 1.29 is 14.1 Å². The van der Waals surface area contributed by atoms with Gasteiger partial charge in [-0.15, -0.1) is 0 Å². The summed E-state index contributed by atoms with van der Waals surface area (Å²) >= 11 is 0. The van der Waals surface area contributed by atoms with E-state index in [2.05, 4.69) is 4.90 Å². The van der Waals surface area contributed by atoms with Gasteiger partial charge in [0.1, 0.15) is 5.82 Å². The van der Waals surface area contributed by atoms with E-state index in [-0.39, 0.29) is 23.0 Å². The van der Waals surface area contributed by atoms with Gasteiger partial charge in [0.25, 0.3) is 0 Å². The Kier molecular flexibility index (Phi) is 4.34. The standard InChI is InChI=1S/C17H26BN3O3/c1-16(2)17(3,4)24-18(23-16)13-6-5-7-14(20-13)21-10-8-12(9-11-21)15(19)22/h5-7,12H,8-11H2,1-4H3,(H2,19,22). The van der Waals surface area contributed by atoms with Crippen LogP contribution in [0.5, 0.6) is 0 Å². The third-order valence-corrected chi connectivity index (χ3v) is 5.47. The van der Waals surface area contributed by atoms with Crippen molar-refractivity contribution in [3.63, 3.8) is 0 Å². The zero-order valence-corrected chi connectivity index (χ0v) is 14.9. The van der Waals surface area contributed by atoms with E-state index in [1.54, 1.807) is 0 Å². The molecule has 2 aliphatic heterocycles. The smallest absolute Gasteiger partial charge is 0.398 e. The number of carbonyl (C=O) groups excluding carboxylic acids is 1. The lowest BCUT2D eigenvalue weighted by molar-refractivity contribution is -0.122. The van der Waals surface area contributed by atoms with Gasteiger partial charge in [-0.3, -0.25) is 4.79 Å². The molecule has 1 aromatic rings. The fraction of sp³-hybridized carbons (Fsp3) is 0.647. The number of nitrogens with two attached hydrogens (primary N) is 1. The number of hydrogen-bond acceptors (Lipinski definition) is 5. The summed E-state index contributed by atoms with van der Waals surface area (Å²) in [5, 5.41) is 0. The van der Waals surface area contributed by atoms with E-state index < -0.39 is 7.12 Å². The molecule has 0 spiro atoms. The molecule has 0 radical (unpaired) electrons. The summed E-state index contributed by atoms with van der Waals surface area (Å²) in [5.74, 6) is 0.672. The maximum absolute atomic E-state index is 11.3. The van der Waals surface area contributed by atoms with Crippen LogP contribution < -0.4 is 16.2 Å². The highest BCUT2D eigenvalue weighted by Crippen LogP contribution is 2.36. The highest BCUT2D eigenvalue weighted by atomic mass is 16.7. The molecule has 0 aromatic carbocycles. The van der Waals surface area contributed by atoms with Gasteiger partial charge in [0.2, 0.25) is 5.91 Å². The molecule has 24 heavy (non-hydrogen) atoms. The summed E-state index contributed by atoms with van der Waals surface area (Å²) in [6.45, 7) is 9.70. The summed E-state index contributed by atoms with van der Waals surface area (Å²) in [6, 6.07) is 5.89. The number of aromatic nitrogens is 1. The first-order valence-electron chi connectivity index (χ1n) is 8.56. The van der Waals surface area contributed by atoms with Crippen LogP contribution in [-0.2, 0) is 14.1 Å². The van der Waals surface area contributed by atoms with Gasteiger partial charge in [0.15, 0.2) is 0 Å². The van der Waals surface area contributed by atoms with E-state index in [1.807, 2.05) is 45.9 Å². The number of pyridine rings is 1. The minimum atomic E-state index is -0.460. The minimum absolute atomic E-state index is 0.0208. The maximum Gasteiger partial charge on any atom is 0.514 e. The summed E-state index contributed by atoms with van der Waals surface area (Å²) in [7, 11) is -0.460. The molecule has 0 bridgehead atoms. The van der Waals surface area contributed by atoms with Crippen molar-refractivity contribution in [2.24, 2.45) is 11.7 Å². The predicted octanol–water partition coefficient (Wildman–Crippen LogP) is 1.08. The molecule has 2 saturated heterocycles. The van der Waals surface area contributed by atoms with Crippen LogP contribution >= 0.6 is 0 Å². The Morgan fingerprint density at radius 3 is 2.33 bits per heavy atom. The second-order valence-electron chi connectivity index (χ2n) is 7.67. The normalized spacial score (nSPS) is 23.5. The lowest BCUT2D eigenvalue weighted by Crippen LogP contribution is -2.41. The van der Waals surface area contributed by atoms with Gasteiger partial charge >= 0.3 is 7.12 Å². The van der Waals surface area contributed by atoms with E-state index in [1.165, 1.54) is 0 Å². The highest BCUT2D eigenvalue weighted by molar-refractivity contribution is 6.61. The minimum Gasteiger partial charge on any atom is -0.398 e. The molecule has 2 aliphatic rings. The van der Waals surface area contributed by atoms with Crippen LogP contribution in [-0.4, -0.2) is 42.3 Å².